The lowest BCUT2D eigenvalue weighted by molar-refractivity contribution is 0.133. The Morgan fingerprint density at radius 1 is 1.26 bits per heavy atom. The average Bonchev–Trinajstić information content (AvgIpc) is 2.43. The molecule has 0 amide bonds. The number of hydrogen-bond donors (Lipinski definition) is 2. The predicted octanol–water partition coefficient (Wildman–Crippen LogP) is 4.46. The Balaban J connectivity index is 1.88. The summed E-state index contributed by atoms with van der Waals surface area (Å²) in [5.74, 6) is 0.638. The molecule has 1 fully saturated rings. The van der Waals surface area contributed by atoms with E-state index in [0.717, 1.165) is 25.7 Å². The normalized spacial score (nSPS) is 22.9. The number of nitrogens with one attached hydrogen (secondary N) is 1. The van der Waals surface area contributed by atoms with Crippen LogP contribution in [-0.4, -0.2) is 30.4 Å². The molecule has 1 heterocycles. The molecule has 0 bridgehead atoms. The lowest BCUT2D eigenvalue weighted by Crippen LogP contribution is -2.45. The van der Waals surface area contributed by atoms with Crippen molar-refractivity contribution in [1.29, 1.82) is 0 Å². The van der Waals surface area contributed by atoms with Gasteiger partial charge >= 0.3 is 0 Å². The van der Waals surface area contributed by atoms with Crippen LogP contribution in [0.1, 0.15) is 46.5 Å². The molecule has 1 aromatic heterocycles. The van der Waals surface area contributed by atoms with Crippen molar-refractivity contribution in [3.05, 3.63) is 11.5 Å². The second-order valence-electron chi connectivity index (χ2n) is 7.94. The minimum atomic E-state index is -1.68. The Hall–Kier alpha value is -0.853. The lowest BCUT2D eigenvalue weighted by atomic mass is 9.93. The van der Waals surface area contributed by atoms with Gasteiger partial charge in [-0.1, -0.05) is 20.8 Å². The maximum atomic E-state index is 6.52. The van der Waals surface area contributed by atoms with Crippen LogP contribution in [0.3, 0.4) is 0 Å². The van der Waals surface area contributed by atoms with Gasteiger partial charge in [0.1, 0.15) is 0 Å². The van der Waals surface area contributed by atoms with Crippen LogP contribution in [-0.2, 0) is 4.43 Å². The van der Waals surface area contributed by atoms with Crippen molar-refractivity contribution < 1.29 is 4.43 Å². The second-order valence-corrected chi connectivity index (χ2v) is 13.0. The van der Waals surface area contributed by atoms with Gasteiger partial charge in [0.25, 0.3) is 0 Å². The molecule has 0 aromatic carbocycles. The maximum absolute atomic E-state index is 6.52. The predicted molar refractivity (Wildman–Crippen MR) is 99.4 cm³/mol. The zero-order chi connectivity index (χ0) is 17.3. The van der Waals surface area contributed by atoms with Gasteiger partial charge in [-0.05, 0) is 55.4 Å². The molecular formula is C16H29ClN4OSi. The summed E-state index contributed by atoms with van der Waals surface area (Å²) in [6, 6.07) is 0.363. The fourth-order valence-electron chi connectivity index (χ4n) is 2.60. The Kier molecular flexibility index (Phi) is 5.58. The molecule has 0 atom stereocenters. The molecule has 3 N–H and O–H groups in total. The van der Waals surface area contributed by atoms with Crippen LogP contribution in [0.25, 0.3) is 0 Å². The van der Waals surface area contributed by atoms with Crippen molar-refractivity contribution in [2.75, 3.05) is 11.1 Å². The molecule has 1 aliphatic carbocycles. The molecular weight excluding hydrogens is 328 g/mol. The van der Waals surface area contributed by atoms with Crippen LogP contribution in [0, 0.1) is 0 Å². The van der Waals surface area contributed by atoms with Crippen LogP contribution in [0.2, 0.25) is 23.4 Å². The summed E-state index contributed by atoms with van der Waals surface area (Å²) < 4.78 is 6.52. The molecule has 0 spiro atoms. The van der Waals surface area contributed by atoms with E-state index in [1.165, 1.54) is 0 Å². The second kappa shape index (κ2) is 6.95. The van der Waals surface area contributed by atoms with Crippen LogP contribution in [0.4, 0.5) is 11.5 Å². The van der Waals surface area contributed by atoms with Crippen molar-refractivity contribution in [3.8, 4) is 0 Å². The highest BCUT2D eigenvalue weighted by molar-refractivity contribution is 6.74. The fourth-order valence-corrected chi connectivity index (χ4v) is 4.15. The summed E-state index contributed by atoms with van der Waals surface area (Å²) in [5, 5.41) is 3.88. The summed E-state index contributed by atoms with van der Waals surface area (Å²) in [6.07, 6.45) is 6.18. The van der Waals surface area contributed by atoms with Gasteiger partial charge in [-0.15, -0.1) is 0 Å². The Morgan fingerprint density at radius 3 is 2.43 bits per heavy atom. The van der Waals surface area contributed by atoms with Gasteiger partial charge in [-0.2, -0.15) is 4.98 Å². The van der Waals surface area contributed by atoms with Crippen molar-refractivity contribution in [2.45, 2.75) is 76.7 Å². The van der Waals surface area contributed by atoms with Gasteiger partial charge in [-0.25, -0.2) is 4.98 Å². The number of hydrogen-bond acceptors (Lipinski definition) is 5. The molecule has 0 saturated heterocycles. The summed E-state index contributed by atoms with van der Waals surface area (Å²) in [5.41, 5.74) is 6.44. The van der Waals surface area contributed by atoms with E-state index in [4.69, 9.17) is 21.8 Å². The highest BCUT2D eigenvalue weighted by Crippen LogP contribution is 2.39. The number of nitrogens with zero attached hydrogens (tertiary/aromatic N) is 2. The van der Waals surface area contributed by atoms with Crippen molar-refractivity contribution in [2.24, 2.45) is 0 Å². The Bertz CT molecular complexity index is 539. The standard InChI is InChI=1S/C16H29ClN4OSi/c1-16(2,3)23(4,5)22-12-8-6-11(7-9-12)20-14-13(18)10-19-15(17)21-14/h10-12H,6-9,18H2,1-5H3,(H,19,20,21)/t11-,12-. The molecule has 1 saturated carbocycles. The zero-order valence-electron chi connectivity index (χ0n) is 14.8. The number of aromatic nitrogens is 2. The summed E-state index contributed by atoms with van der Waals surface area (Å²) in [7, 11) is -1.68. The van der Waals surface area contributed by atoms with E-state index < -0.39 is 8.32 Å². The van der Waals surface area contributed by atoms with Crippen molar-refractivity contribution >= 4 is 31.4 Å². The molecule has 5 nitrogen and oxygen atoms in total. The van der Waals surface area contributed by atoms with E-state index in [-0.39, 0.29) is 10.3 Å². The first-order valence-electron chi connectivity index (χ1n) is 8.31. The SMILES string of the molecule is CC(C)(C)[Si](C)(C)O[C@H]1CC[C@H](Nc2nc(Cl)ncc2N)CC1. The highest BCUT2D eigenvalue weighted by atomic mass is 35.5. The molecule has 7 heteroatoms. The minimum Gasteiger partial charge on any atom is -0.414 e. The van der Waals surface area contributed by atoms with Gasteiger partial charge in [0, 0.05) is 12.1 Å². The van der Waals surface area contributed by atoms with E-state index in [0.29, 0.717) is 23.7 Å². The Labute approximate surface area is 145 Å². The third kappa shape index (κ3) is 4.81. The molecule has 0 unspecified atom stereocenters. The number of nitrogens with two attached hydrogens (primary N) is 1. The van der Waals surface area contributed by atoms with E-state index in [1.54, 1.807) is 6.20 Å². The summed E-state index contributed by atoms with van der Waals surface area (Å²) in [6.45, 7) is 11.5. The molecule has 23 heavy (non-hydrogen) atoms. The van der Waals surface area contributed by atoms with E-state index in [1.807, 2.05) is 0 Å². The van der Waals surface area contributed by atoms with Crippen LogP contribution in [0.15, 0.2) is 6.20 Å². The molecule has 0 radical (unpaired) electrons. The highest BCUT2D eigenvalue weighted by Gasteiger charge is 2.39. The number of nitrogen functional groups attached to an aromatic ring is 1. The van der Waals surface area contributed by atoms with Crippen molar-refractivity contribution in [1.82, 2.24) is 9.97 Å². The van der Waals surface area contributed by atoms with Gasteiger partial charge < -0.3 is 15.5 Å². The van der Waals surface area contributed by atoms with E-state index >= 15 is 0 Å². The van der Waals surface area contributed by atoms with Crippen LogP contribution < -0.4 is 11.1 Å². The quantitative estimate of drug-likeness (QED) is 0.615. The molecule has 2 rings (SSSR count). The van der Waals surface area contributed by atoms with Gasteiger partial charge in [0.2, 0.25) is 5.28 Å². The smallest absolute Gasteiger partial charge is 0.224 e. The van der Waals surface area contributed by atoms with Crippen molar-refractivity contribution in [3.63, 3.8) is 0 Å². The number of rotatable bonds is 4. The number of anilines is 2. The minimum absolute atomic E-state index is 0.219. The molecule has 1 aromatic rings. The first-order chi connectivity index (χ1) is 10.6. The maximum Gasteiger partial charge on any atom is 0.224 e. The summed E-state index contributed by atoms with van der Waals surface area (Å²) >= 11 is 5.84. The number of halogens is 1. The lowest BCUT2D eigenvalue weighted by Gasteiger charge is -2.41. The monoisotopic (exact) mass is 356 g/mol. The topological polar surface area (TPSA) is 73.1 Å². The zero-order valence-corrected chi connectivity index (χ0v) is 16.6. The van der Waals surface area contributed by atoms with Gasteiger partial charge in [-0.3, -0.25) is 0 Å². The third-order valence-electron chi connectivity index (χ3n) is 5.07. The van der Waals surface area contributed by atoms with Gasteiger partial charge in [0.05, 0.1) is 11.9 Å². The fraction of sp³-hybridized carbons (Fsp3) is 0.750. The molecule has 130 valence electrons. The van der Waals surface area contributed by atoms with E-state index in [9.17, 15) is 0 Å². The molecule has 0 aliphatic heterocycles. The Morgan fingerprint density at radius 2 is 1.87 bits per heavy atom. The first kappa shape index (κ1) is 18.5. The average molecular weight is 357 g/mol. The largest absolute Gasteiger partial charge is 0.414 e. The van der Waals surface area contributed by atoms with Gasteiger partial charge in [0.15, 0.2) is 14.1 Å². The van der Waals surface area contributed by atoms with Crippen LogP contribution in [0.5, 0.6) is 0 Å². The third-order valence-corrected chi connectivity index (χ3v) is 9.79. The van der Waals surface area contributed by atoms with Crippen LogP contribution >= 0.6 is 11.6 Å². The first-order valence-corrected chi connectivity index (χ1v) is 11.6. The molecule has 1 aliphatic rings. The summed E-state index contributed by atoms with van der Waals surface area (Å²) in [4.78, 5) is 8.05. The van der Waals surface area contributed by atoms with E-state index in [2.05, 4.69) is 49.1 Å².